The molecule has 1 aromatic carbocycles. The molecular weight excluding hydrogens is 198 g/mol. The van der Waals surface area contributed by atoms with Gasteiger partial charge in [-0.3, -0.25) is 0 Å². The first-order valence-electron chi connectivity index (χ1n) is 4.59. The van der Waals surface area contributed by atoms with Crippen LogP contribution in [0.1, 0.15) is 5.82 Å². The minimum absolute atomic E-state index is 0.703. The molecule has 0 radical (unpaired) electrons. The van der Waals surface area contributed by atoms with Gasteiger partial charge >= 0.3 is 0 Å². The molecule has 74 valence electrons. The molecule has 0 amide bonds. The number of imidazole rings is 1. The summed E-state index contributed by atoms with van der Waals surface area (Å²) in [5, 5.41) is 3.79. The molecule has 1 aromatic heterocycles. The molecule has 0 unspecified atom stereocenters. The van der Waals surface area contributed by atoms with Gasteiger partial charge in [0.1, 0.15) is 11.3 Å². The van der Waals surface area contributed by atoms with Crippen molar-refractivity contribution in [3.8, 4) is 0 Å². The largest absolute Gasteiger partial charge is 0.342 e. The predicted octanol–water partition coefficient (Wildman–Crippen LogP) is 1.98. The van der Waals surface area contributed by atoms with Crippen molar-refractivity contribution in [3.63, 3.8) is 0 Å². The number of para-hydroxylation sites is 1. The zero-order valence-corrected chi connectivity index (χ0v) is 8.73. The summed E-state index contributed by atoms with van der Waals surface area (Å²) in [5.74, 6) is 0.974. The van der Waals surface area contributed by atoms with E-state index in [2.05, 4.69) is 15.3 Å². The lowest BCUT2D eigenvalue weighted by Crippen LogP contribution is -2.10. The van der Waals surface area contributed by atoms with Gasteiger partial charge in [0, 0.05) is 13.0 Å². The molecular formula is C10H12ClN3. The summed E-state index contributed by atoms with van der Waals surface area (Å²) < 4.78 is 0. The van der Waals surface area contributed by atoms with Gasteiger partial charge in [-0.25, -0.2) is 4.98 Å². The molecule has 14 heavy (non-hydrogen) atoms. The highest BCUT2D eigenvalue weighted by Crippen LogP contribution is 2.20. The maximum Gasteiger partial charge on any atom is 0.108 e. The Hall–Kier alpha value is -1.06. The van der Waals surface area contributed by atoms with Crippen molar-refractivity contribution < 1.29 is 0 Å². The number of fused-ring (bicyclic) bond motifs is 1. The van der Waals surface area contributed by atoms with Gasteiger partial charge in [0.05, 0.1) is 10.5 Å². The van der Waals surface area contributed by atoms with E-state index < -0.39 is 0 Å². The van der Waals surface area contributed by atoms with Crippen molar-refractivity contribution in [2.24, 2.45) is 0 Å². The quantitative estimate of drug-likeness (QED) is 0.812. The maximum absolute atomic E-state index is 6.01. The number of nitrogens with one attached hydrogen (secondary N) is 2. The zero-order chi connectivity index (χ0) is 9.97. The first kappa shape index (κ1) is 9.49. The summed E-state index contributed by atoms with van der Waals surface area (Å²) in [5.41, 5.74) is 1.86. The van der Waals surface area contributed by atoms with Gasteiger partial charge in [-0.2, -0.15) is 0 Å². The van der Waals surface area contributed by atoms with E-state index >= 15 is 0 Å². The number of H-pyrrole nitrogens is 1. The molecule has 2 N–H and O–H groups in total. The molecule has 4 heteroatoms. The average Bonchev–Trinajstić information content (AvgIpc) is 2.59. The third-order valence-corrected chi connectivity index (χ3v) is 2.43. The van der Waals surface area contributed by atoms with Crippen LogP contribution < -0.4 is 5.32 Å². The van der Waals surface area contributed by atoms with E-state index in [1.807, 2.05) is 25.2 Å². The number of aromatic amines is 1. The van der Waals surface area contributed by atoms with Crippen LogP contribution >= 0.6 is 11.6 Å². The summed E-state index contributed by atoms with van der Waals surface area (Å²) in [4.78, 5) is 7.66. The number of halogens is 1. The van der Waals surface area contributed by atoms with Crippen molar-refractivity contribution in [2.75, 3.05) is 13.6 Å². The van der Waals surface area contributed by atoms with Gasteiger partial charge in [0.15, 0.2) is 0 Å². The second-order valence-corrected chi connectivity index (χ2v) is 3.58. The Labute approximate surface area is 87.5 Å². The Morgan fingerprint density at radius 1 is 1.50 bits per heavy atom. The van der Waals surface area contributed by atoms with Crippen LogP contribution in [0.15, 0.2) is 18.2 Å². The molecule has 0 fully saturated rings. The van der Waals surface area contributed by atoms with Crippen LogP contribution in [0.25, 0.3) is 11.0 Å². The number of likely N-dealkylation sites (N-methyl/N-ethyl adjacent to an activating group) is 1. The molecule has 0 saturated heterocycles. The molecule has 0 bridgehead atoms. The van der Waals surface area contributed by atoms with E-state index in [1.54, 1.807) is 0 Å². The van der Waals surface area contributed by atoms with Crippen molar-refractivity contribution in [3.05, 3.63) is 29.0 Å². The summed E-state index contributed by atoms with van der Waals surface area (Å²) >= 11 is 6.01. The SMILES string of the molecule is CNCCc1nc2c(Cl)cccc2[nH]1. The molecule has 0 spiro atoms. The molecule has 0 atom stereocenters. The third kappa shape index (κ3) is 1.74. The van der Waals surface area contributed by atoms with Gasteiger partial charge in [0.2, 0.25) is 0 Å². The first-order valence-corrected chi connectivity index (χ1v) is 4.97. The Balaban J connectivity index is 2.36. The van der Waals surface area contributed by atoms with Gasteiger partial charge in [-0.1, -0.05) is 17.7 Å². The van der Waals surface area contributed by atoms with Gasteiger partial charge in [0.25, 0.3) is 0 Å². The molecule has 0 saturated carbocycles. The summed E-state index contributed by atoms with van der Waals surface area (Å²) in [6.07, 6.45) is 0.890. The van der Waals surface area contributed by atoms with Gasteiger partial charge < -0.3 is 10.3 Å². The summed E-state index contributed by atoms with van der Waals surface area (Å²) in [6, 6.07) is 5.76. The lowest BCUT2D eigenvalue weighted by atomic mass is 10.3. The molecule has 0 aliphatic carbocycles. The topological polar surface area (TPSA) is 40.7 Å². The van der Waals surface area contributed by atoms with Crippen molar-refractivity contribution in [2.45, 2.75) is 6.42 Å². The number of hydrogen-bond donors (Lipinski definition) is 2. The smallest absolute Gasteiger partial charge is 0.108 e. The van der Waals surface area contributed by atoms with E-state index in [4.69, 9.17) is 11.6 Å². The van der Waals surface area contributed by atoms with Crippen LogP contribution in [0.2, 0.25) is 5.02 Å². The second kappa shape index (κ2) is 3.98. The van der Waals surface area contributed by atoms with Crippen LogP contribution in [-0.4, -0.2) is 23.6 Å². The standard InChI is InChI=1S/C10H12ClN3/c1-12-6-5-9-13-8-4-2-3-7(11)10(8)14-9/h2-4,12H,5-6H2,1H3,(H,13,14). The normalized spacial score (nSPS) is 11.0. The van der Waals surface area contributed by atoms with E-state index in [9.17, 15) is 0 Å². The molecule has 2 aromatic rings. The fraction of sp³-hybridized carbons (Fsp3) is 0.300. The van der Waals surface area contributed by atoms with Crippen molar-refractivity contribution >= 4 is 22.6 Å². The monoisotopic (exact) mass is 209 g/mol. The third-order valence-electron chi connectivity index (χ3n) is 2.12. The lowest BCUT2D eigenvalue weighted by Gasteiger charge is -1.93. The Bertz CT molecular complexity index is 436. The average molecular weight is 210 g/mol. The fourth-order valence-electron chi connectivity index (χ4n) is 1.41. The zero-order valence-electron chi connectivity index (χ0n) is 7.97. The molecule has 0 aliphatic heterocycles. The van der Waals surface area contributed by atoms with E-state index in [1.165, 1.54) is 0 Å². The first-order chi connectivity index (χ1) is 6.81. The second-order valence-electron chi connectivity index (χ2n) is 3.17. The number of hydrogen-bond acceptors (Lipinski definition) is 2. The minimum Gasteiger partial charge on any atom is -0.342 e. The molecule has 1 heterocycles. The molecule has 2 rings (SSSR count). The Morgan fingerprint density at radius 3 is 3.07 bits per heavy atom. The van der Waals surface area contributed by atoms with E-state index in [0.29, 0.717) is 5.02 Å². The minimum atomic E-state index is 0.703. The maximum atomic E-state index is 6.01. The Morgan fingerprint density at radius 2 is 2.36 bits per heavy atom. The molecule has 3 nitrogen and oxygen atoms in total. The predicted molar refractivity (Wildman–Crippen MR) is 58.7 cm³/mol. The van der Waals surface area contributed by atoms with Crippen molar-refractivity contribution in [1.29, 1.82) is 0 Å². The summed E-state index contributed by atoms with van der Waals surface area (Å²) in [6.45, 7) is 0.914. The van der Waals surface area contributed by atoms with Crippen LogP contribution in [0.5, 0.6) is 0 Å². The highest BCUT2D eigenvalue weighted by atomic mass is 35.5. The highest BCUT2D eigenvalue weighted by Gasteiger charge is 2.04. The number of benzene rings is 1. The van der Waals surface area contributed by atoms with Gasteiger partial charge in [-0.05, 0) is 19.2 Å². The van der Waals surface area contributed by atoms with E-state index in [-0.39, 0.29) is 0 Å². The highest BCUT2D eigenvalue weighted by molar-refractivity contribution is 6.34. The summed E-state index contributed by atoms with van der Waals surface area (Å²) in [7, 11) is 1.93. The lowest BCUT2D eigenvalue weighted by molar-refractivity contribution is 0.766. The number of nitrogens with zero attached hydrogens (tertiary/aromatic N) is 1. The Kier molecular flexibility index (Phi) is 2.70. The van der Waals surface area contributed by atoms with Crippen LogP contribution in [-0.2, 0) is 6.42 Å². The number of rotatable bonds is 3. The van der Waals surface area contributed by atoms with Gasteiger partial charge in [-0.15, -0.1) is 0 Å². The fourth-order valence-corrected chi connectivity index (χ4v) is 1.63. The van der Waals surface area contributed by atoms with Crippen LogP contribution in [0, 0.1) is 0 Å². The van der Waals surface area contributed by atoms with E-state index in [0.717, 1.165) is 29.8 Å². The van der Waals surface area contributed by atoms with Crippen LogP contribution in [0.3, 0.4) is 0 Å². The molecule has 0 aliphatic rings. The van der Waals surface area contributed by atoms with Crippen LogP contribution in [0.4, 0.5) is 0 Å². The number of aromatic nitrogens is 2. The van der Waals surface area contributed by atoms with Crippen molar-refractivity contribution in [1.82, 2.24) is 15.3 Å².